The predicted molar refractivity (Wildman–Crippen MR) is 82.8 cm³/mol. The maximum Gasteiger partial charge on any atom is 0.342 e. The molecule has 0 heterocycles. The molecule has 0 saturated heterocycles. The van der Waals surface area contributed by atoms with Gasteiger partial charge in [0.1, 0.15) is 29.2 Å². The highest BCUT2D eigenvalue weighted by Crippen LogP contribution is 2.18. The average molecular weight is 332 g/mol. The first kappa shape index (κ1) is 17.3. The van der Waals surface area contributed by atoms with Crippen molar-refractivity contribution >= 4 is 11.9 Å². The third kappa shape index (κ3) is 4.23. The van der Waals surface area contributed by atoms with Crippen LogP contribution in [-0.2, 0) is 9.47 Å². The average Bonchev–Trinajstić information content (AvgIpc) is 2.58. The van der Waals surface area contributed by atoms with Crippen LogP contribution in [0.15, 0.2) is 48.5 Å². The number of carbonyl (C=O) groups is 2. The second kappa shape index (κ2) is 7.98. The van der Waals surface area contributed by atoms with Gasteiger partial charge in [0.15, 0.2) is 6.10 Å². The van der Waals surface area contributed by atoms with Gasteiger partial charge in [-0.1, -0.05) is 24.3 Å². The topological polar surface area (TPSA) is 113 Å². The van der Waals surface area contributed by atoms with Crippen LogP contribution in [0, 0.1) is 0 Å². The molecule has 2 aromatic rings. The molecule has 0 bridgehead atoms. The quantitative estimate of drug-likeness (QED) is 0.686. The minimum Gasteiger partial charge on any atom is -0.507 e. The largest absolute Gasteiger partial charge is 0.507 e. The summed E-state index contributed by atoms with van der Waals surface area (Å²) in [6.07, 6.45) is -1.10. The molecular weight excluding hydrogens is 316 g/mol. The summed E-state index contributed by atoms with van der Waals surface area (Å²) in [7, 11) is 0. The van der Waals surface area contributed by atoms with Crippen molar-refractivity contribution in [3.8, 4) is 11.5 Å². The fourth-order valence-electron chi connectivity index (χ4n) is 1.88. The normalized spacial score (nSPS) is 11.5. The fourth-order valence-corrected chi connectivity index (χ4v) is 1.88. The number of benzene rings is 2. The Morgan fingerprint density at radius 2 is 1.38 bits per heavy atom. The van der Waals surface area contributed by atoms with Gasteiger partial charge in [-0.25, -0.2) is 9.59 Å². The molecule has 3 N–H and O–H groups in total. The fraction of sp³-hybridized carbons (Fsp3) is 0.176. The smallest absolute Gasteiger partial charge is 0.342 e. The number of aliphatic hydroxyl groups excluding tert-OH is 1. The van der Waals surface area contributed by atoms with Gasteiger partial charge in [0, 0.05) is 0 Å². The van der Waals surface area contributed by atoms with Crippen LogP contribution in [0.25, 0.3) is 0 Å². The number of rotatable bonds is 6. The van der Waals surface area contributed by atoms with Crippen LogP contribution in [0.3, 0.4) is 0 Å². The first-order valence-electron chi connectivity index (χ1n) is 7.08. The minimum atomic E-state index is -1.10. The van der Waals surface area contributed by atoms with E-state index in [2.05, 4.69) is 0 Å². The van der Waals surface area contributed by atoms with Crippen molar-refractivity contribution in [3.05, 3.63) is 59.7 Å². The molecule has 7 heteroatoms. The zero-order chi connectivity index (χ0) is 17.5. The minimum absolute atomic E-state index is 0.0405. The van der Waals surface area contributed by atoms with Crippen LogP contribution in [0.1, 0.15) is 20.7 Å². The molecule has 0 fully saturated rings. The van der Waals surface area contributed by atoms with E-state index in [1.807, 2.05) is 0 Å². The maximum atomic E-state index is 11.9. The Morgan fingerprint density at radius 3 is 1.88 bits per heavy atom. The Kier molecular flexibility index (Phi) is 5.75. The van der Waals surface area contributed by atoms with Crippen molar-refractivity contribution < 1.29 is 34.4 Å². The van der Waals surface area contributed by atoms with Gasteiger partial charge in [0.2, 0.25) is 0 Å². The summed E-state index contributed by atoms with van der Waals surface area (Å²) < 4.78 is 9.92. The summed E-state index contributed by atoms with van der Waals surface area (Å²) in [5.41, 5.74) is -0.107. The molecule has 0 spiro atoms. The summed E-state index contributed by atoms with van der Waals surface area (Å²) in [5.74, 6) is -2.17. The lowest BCUT2D eigenvalue weighted by Gasteiger charge is -2.16. The molecule has 2 aromatic carbocycles. The Hall–Kier alpha value is -3.06. The number of hydrogen-bond acceptors (Lipinski definition) is 7. The Labute approximate surface area is 137 Å². The number of para-hydroxylation sites is 2. The molecule has 1 atom stereocenters. The molecule has 2 rings (SSSR count). The van der Waals surface area contributed by atoms with Crippen molar-refractivity contribution in [1.29, 1.82) is 0 Å². The highest BCUT2D eigenvalue weighted by molar-refractivity contribution is 5.93. The number of ether oxygens (including phenoxy) is 2. The zero-order valence-corrected chi connectivity index (χ0v) is 12.6. The molecule has 0 aliphatic heterocycles. The second-order valence-corrected chi connectivity index (χ2v) is 4.84. The van der Waals surface area contributed by atoms with E-state index < -0.39 is 31.3 Å². The zero-order valence-electron chi connectivity index (χ0n) is 12.6. The van der Waals surface area contributed by atoms with Gasteiger partial charge in [-0.15, -0.1) is 0 Å². The Morgan fingerprint density at radius 1 is 0.875 bits per heavy atom. The van der Waals surface area contributed by atoms with Crippen LogP contribution < -0.4 is 0 Å². The van der Waals surface area contributed by atoms with Crippen LogP contribution in [0.5, 0.6) is 11.5 Å². The first-order valence-corrected chi connectivity index (χ1v) is 7.08. The standard InChI is InChI=1S/C17H16O7/c18-9-11(24-17(22)13-6-2-4-8-15(13)20)10-23-16(21)12-5-1-3-7-14(12)19/h1-8,11,18-20H,9-10H2. The predicted octanol–water partition coefficient (Wildman–Crippen LogP) is 1.47. The van der Waals surface area contributed by atoms with Crippen molar-refractivity contribution in [2.24, 2.45) is 0 Å². The summed E-state index contributed by atoms with van der Waals surface area (Å²) in [4.78, 5) is 23.8. The van der Waals surface area contributed by atoms with Crippen molar-refractivity contribution in [2.75, 3.05) is 13.2 Å². The highest BCUT2D eigenvalue weighted by Gasteiger charge is 2.20. The Balaban J connectivity index is 1.95. The van der Waals surface area contributed by atoms with Gasteiger partial charge in [0.25, 0.3) is 0 Å². The number of phenols is 2. The van der Waals surface area contributed by atoms with E-state index in [0.717, 1.165) is 0 Å². The number of esters is 2. The van der Waals surface area contributed by atoms with Gasteiger partial charge >= 0.3 is 11.9 Å². The first-order chi connectivity index (χ1) is 11.5. The lowest BCUT2D eigenvalue weighted by atomic mass is 10.2. The third-order valence-electron chi connectivity index (χ3n) is 3.13. The monoisotopic (exact) mass is 332 g/mol. The van der Waals surface area contributed by atoms with E-state index in [1.54, 1.807) is 24.3 Å². The molecule has 0 aliphatic rings. The van der Waals surface area contributed by atoms with Gasteiger partial charge in [-0.05, 0) is 24.3 Å². The molecule has 126 valence electrons. The van der Waals surface area contributed by atoms with Crippen LogP contribution in [0.4, 0.5) is 0 Å². The van der Waals surface area contributed by atoms with Crippen LogP contribution in [0.2, 0.25) is 0 Å². The van der Waals surface area contributed by atoms with E-state index in [4.69, 9.17) is 9.47 Å². The summed E-state index contributed by atoms with van der Waals surface area (Å²) in [6, 6.07) is 11.6. The summed E-state index contributed by atoms with van der Waals surface area (Å²) in [6.45, 7) is -0.976. The number of hydrogen-bond donors (Lipinski definition) is 3. The Bertz CT molecular complexity index is 726. The van der Waals surface area contributed by atoms with E-state index >= 15 is 0 Å². The molecule has 0 aliphatic carbocycles. The van der Waals surface area contributed by atoms with Crippen LogP contribution >= 0.6 is 0 Å². The van der Waals surface area contributed by atoms with Gasteiger partial charge in [0.05, 0.1) is 6.61 Å². The maximum absolute atomic E-state index is 11.9. The van der Waals surface area contributed by atoms with Crippen LogP contribution in [-0.4, -0.2) is 46.6 Å². The molecule has 0 radical (unpaired) electrons. The van der Waals surface area contributed by atoms with E-state index in [-0.39, 0.29) is 22.6 Å². The van der Waals surface area contributed by atoms with Gasteiger partial charge in [-0.2, -0.15) is 0 Å². The van der Waals surface area contributed by atoms with E-state index in [1.165, 1.54) is 24.3 Å². The number of phenolic OH excluding ortho intramolecular Hbond substituents is 2. The van der Waals surface area contributed by atoms with Crippen molar-refractivity contribution in [2.45, 2.75) is 6.10 Å². The van der Waals surface area contributed by atoms with Gasteiger partial charge < -0.3 is 24.8 Å². The molecule has 24 heavy (non-hydrogen) atoms. The van der Waals surface area contributed by atoms with Gasteiger partial charge in [-0.3, -0.25) is 0 Å². The SMILES string of the molecule is O=C(OCC(CO)OC(=O)c1ccccc1O)c1ccccc1O. The van der Waals surface area contributed by atoms with E-state index in [9.17, 15) is 24.9 Å². The second-order valence-electron chi connectivity index (χ2n) is 4.84. The van der Waals surface area contributed by atoms with Crippen molar-refractivity contribution in [1.82, 2.24) is 0 Å². The number of aromatic hydroxyl groups is 2. The van der Waals surface area contributed by atoms with Crippen molar-refractivity contribution in [3.63, 3.8) is 0 Å². The lowest BCUT2D eigenvalue weighted by molar-refractivity contribution is -0.0172. The molecule has 0 amide bonds. The summed E-state index contributed by atoms with van der Waals surface area (Å²) in [5, 5.41) is 28.4. The molecule has 0 aromatic heterocycles. The molecule has 0 saturated carbocycles. The lowest BCUT2D eigenvalue weighted by Crippen LogP contribution is -2.28. The molecule has 1 unspecified atom stereocenters. The molecule has 7 nitrogen and oxygen atoms in total. The molecular formula is C17H16O7. The number of carbonyl (C=O) groups excluding carboxylic acids is 2. The highest BCUT2D eigenvalue weighted by atomic mass is 16.6. The number of aliphatic hydroxyl groups is 1. The third-order valence-corrected chi connectivity index (χ3v) is 3.13. The van der Waals surface area contributed by atoms with E-state index in [0.29, 0.717) is 0 Å². The summed E-state index contributed by atoms with van der Waals surface area (Å²) >= 11 is 0.